The molecule has 0 aliphatic rings. The third-order valence-corrected chi connectivity index (χ3v) is 5.44. The third-order valence-electron chi connectivity index (χ3n) is 4.20. The van der Waals surface area contributed by atoms with Crippen LogP contribution >= 0.6 is 11.8 Å². The van der Waals surface area contributed by atoms with E-state index >= 15 is 0 Å². The van der Waals surface area contributed by atoms with E-state index in [4.69, 9.17) is 0 Å². The molecule has 3 aromatic rings. The monoisotopic (exact) mass is 365 g/mol. The molecule has 1 aromatic heterocycles. The van der Waals surface area contributed by atoms with Crippen molar-refractivity contribution in [3.63, 3.8) is 0 Å². The van der Waals surface area contributed by atoms with Crippen molar-refractivity contribution >= 4 is 17.7 Å². The van der Waals surface area contributed by atoms with Crippen LogP contribution in [0.1, 0.15) is 17.7 Å². The quantitative estimate of drug-likeness (QED) is 0.604. The minimum absolute atomic E-state index is 0.0631. The Morgan fingerprint density at radius 2 is 1.69 bits per heavy atom. The summed E-state index contributed by atoms with van der Waals surface area (Å²) in [7, 11) is 3.58. The summed E-state index contributed by atoms with van der Waals surface area (Å²) < 4.78 is 2.17. The van der Waals surface area contributed by atoms with Crippen molar-refractivity contribution in [2.24, 2.45) is 0 Å². The van der Waals surface area contributed by atoms with Gasteiger partial charge in [0.2, 0.25) is 5.91 Å². The van der Waals surface area contributed by atoms with Gasteiger partial charge in [-0.15, -0.1) is 0 Å². The lowest BCUT2D eigenvalue weighted by Gasteiger charge is -2.21. The molecule has 0 saturated heterocycles. The molecule has 0 radical (unpaired) electrons. The van der Waals surface area contributed by atoms with Crippen molar-refractivity contribution in [1.82, 2.24) is 14.5 Å². The molecule has 0 N–H and O–H groups in total. The minimum Gasteiger partial charge on any atom is -0.348 e. The van der Waals surface area contributed by atoms with Gasteiger partial charge in [0.15, 0.2) is 5.16 Å². The average molecular weight is 366 g/mol. The molecule has 26 heavy (non-hydrogen) atoms. The zero-order valence-electron chi connectivity index (χ0n) is 15.3. The number of hydrogen-bond acceptors (Lipinski definition) is 3. The van der Waals surface area contributed by atoms with Gasteiger partial charge < -0.3 is 9.47 Å². The molecule has 0 aliphatic carbocycles. The molecule has 1 atom stereocenters. The van der Waals surface area contributed by atoms with Gasteiger partial charge in [-0.2, -0.15) is 0 Å². The lowest BCUT2D eigenvalue weighted by Crippen LogP contribution is -2.27. The van der Waals surface area contributed by atoms with Crippen LogP contribution in [0.2, 0.25) is 0 Å². The van der Waals surface area contributed by atoms with Crippen LogP contribution in [0, 0.1) is 0 Å². The van der Waals surface area contributed by atoms with E-state index in [1.807, 2.05) is 54.7 Å². The van der Waals surface area contributed by atoms with E-state index in [2.05, 4.69) is 28.6 Å². The molecule has 5 heteroatoms. The molecule has 0 aliphatic heterocycles. The molecule has 4 nitrogen and oxygen atoms in total. The van der Waals surface area contributed by atoms with Crippen molar-refractivity contribution in [1.29, 1.82) is 0 Å². The summed E-state index contributed by atoms with van der Waals surface area (Å²) in [6, 6.07) is 20.1. The van der Waals surface area contributed by atoms with E-state index in [9.17, 15) is 4.79 Å². The SMILES string of the molecule is CCn1c(-c2ccccc2)cnc1S[C@H](C(=O)N(C)C)c1ccccc1. The largest absolute Gasteiger partial charge is 0.348 e. The molecule has 1 amide bonds. The first-order valence-corrected chi connectivity index (χ1v) is 9.53. The maximum atomic E-state index is 12.8. The van der Waals surface area contributed by atoms with Gasteiger partial charge >= 0.3 is 0 Å². The van der Waals surface area contributed by atoms with Gasteiger partial charge in [-0.3, -0.25) is 4.79 Å². The Hall–Kier alpha value is -2.53. The van der Waals surface area contributed by atoms with Crippen LogP contribution in [-0.2, 0) is 11.3 Å². The summed E-state index contributed by atoms with van der Waals surface area (Å²) in [6.45, 7) is 2.90. The fourth-order valence-electron chi connectivity index (χ4n) is 2.83. The molecular formula is C21H23N3OS. The number of hydrogen-bond donors (Lipinski definition) is 0. The van der Waals surface area contributed by atoms with E-state index in [0.29, 0.717) is 0 Å². The molecule has 0 spiro atoms. The highest BCUT2D eigenvalue weighted by Crippen LogP contribution is 2.37. The zero-order valence-corrected chi connectivity index (χ0v) is 16.1. The van der Waals surface area contributed by atoms with E-state index in [0.717, 1.165) is 28.5 Å². The summed E-state index contributed by atoms with van der Waals surface area (Å²) >= 11 is 1.51. The van der Waals surface area contributed by atoms with Crippen molar-refractivity contribution < 1.29 is 4.79 Å². The zero-order chi connectivity index (χ0) is 18.5. The topological polar surface area (TPSA) is 38.1 Å². The molecular weight excluding hydrogens is 342 g/mol. The standard InChI is InChI=1S/C21H23N3OS/c1-4-24-18(16-11-7-5-8-12-16)15-22-21(24)26-19(20(25)23(2)3)17-13-9-6-10-14-17/h5-15,19H,4H2,1-3H3/t19-/m0/s1. The Morgan fingerprint density at radius 3 is 2.27 bits per heavy atom. The van der Waals surface area contributed by atoms with Crippen LogP contribution in [-0.4, -0.2) is 34.5 Å². The molecule has 0 bridgehead atoms. The van der Waals surface area contributed by atoms with Crippen LogP contribution in [0.5, 0.6) is 0 Å². The average Bonchev–Trinajstić information content (AvgIpc) is 3.09. The van der Waals surface area contributed by atoms with E-state index in [-0.39, 0.29) is 11.2 Å². The van der Waals surface area contributed by atoms with E-state index < -0.39 is 0 Å². The van der Waals surface area contributed by atoms with Crippen LogP contribution in [0.3, 0.4) is 0 Å². The number of likely N-dealkylation sites (N-methyl/N-ethyl adjacent to an activating group) is 1. The number of carbonyl (C=O) groups excluding carboxylic acids is 1. The smallest absolute Gasteiger partial charge is 0.240 e. The van der Waals surface area contributed by atoms with Gasteiger partial charge in [0, 0.05) is 20.6 Å². The Kier molecular flexibility index (Phi) is 5.78. The molecule has 0 fully saturated rings. The van der Waals surface area contributed by atoms with Crippen LogP contribution in [0.25, 0.3) is 11.3 Å². The molecule has 0 saturated carbocycles. The molecule has 2 aromatic carbocycles. The van der Waals surface area contributed by atoms with Gasteiger partial charge in [0.05, 0.1) is 11.9 Å². The van der Waals surface area contributed by atoms with Crippen molar-refractivity contribution in [3.8, 4) is 11.3 Å². The van der Waals surface area contributed by atoms with E-state index in [1.165, 1.54) is 11.8 Å². The third kappa shape index (κ3) is 3.83. The number of benzene rings is 2. The fraction of sp³-hybridized carbons (Fsp3) is 0.238. The highest BCUT2D eigenvalue weighted by Gasteiger charge is 2.26. The van der Waals surface area contributed by atoms with Crippen molar-refractivity contribution in [2.75, 3.05) is 14.1 Å². The predicted molar refractivity (Wildman–Crippen MR) is 107 cm³/mol. The number of aromatic nitrogens is 2. The van der Waals surface area contributed by atoms with Gasteiger partial charge in [0.1, 0.15) is 5.25 Å². The second-order valence-corrected chi connectivity index (χ2v) is 7.25. The molecule has 134 valence electrons. The maximum Gasteiger partial charge on any atom is 0.240 e. The summed E-state index contributed by atoms with van der Waals surface area (Å²) in [5, 5.41) is 0.540. The number of carbonyl (C=O) groups is 1. The number of thioether (sulfide) groups is 1. The van der Waals surface area contributed by atoms with Gasteiger partial charge in [-0.1, -0.05) is 72.4 Å². The Labute approximate surface area is 158 Å². The Balaban J connectivity index is 1.97. The minimum atomic E-state index is -0.317. The highest BCUT2D eigenvalue weighted by atomic mass is 32.2. The molecule has 3 rings (SSSR count). The van der Waals surface area contributed by atoms with Crippen molar-refractivity contribution in [3.05, 3.63) is 72.4 Å². The Bertz CT molecular complexity index is 859. The first-order valence-electron chi connectivity index (χ1n) is 8.65. The summed E-state index contributed by atoms with van der Waals surface area (Å²) in [6.07, 6.45) is 1.89. The summed E-state index contributed by atoms with van der Waals surface area (Å²) in [5.41, 5.74) is 3.19. The fourth-order valence-corrected chi connectivity index (χ4v) is 4.11. The number of imidazole rings is 1. The number of nitrogens with zero attached hydrogens (tertiary/aromatic N) is 3. The van der Waals surface area contributed by atoms with Gasteiger partial charge in [-0.05, 0) is 18.1 Å². The summed E-state index contributed by atoms with van der Waals surface area (Å²) in [4.78, 5) is 19.1. The van der Waals surface area contributed by atoms with Crippen molar-refractivity contribution in [2.45, 2.75) is 23.9 Å². The van der Waals surface area contributed by atoms with Crippen LogP contribution < -0.4 is 0 Å². The second-order valence-electron chi connectivity index (χ2n) is 6.18. The summed E-state index contributed by atoms with van der Waals surface area (Å²) in [5.74, 6) is 0.0631. The predicted octanol–water partition coefficient (Wildman–Crippen LogP) is 4.49. The van der Waals surface area contributed by atoms with Crippen LogP contribution in [0.15, 0.2) is 72.0 Å². The number of amides is 1. The number of rotatable bonds is 6. The normalized spacial score (nSPS) is 12.0. The molecule has 0 unspecified atom stereocenters. The Morgan fingerprint density at radius 1 is 1.08 bits per heavy atom. The first kappa shape index (κ1) is 18.3. The van der Waals surface area contributed by atoms with Gasteiger partial charge in [-0.25, -0.2) is 4.98 Å². The van der Waals surface area contributed by atoms with Gasteiger partial charge in [0.25, 0.3) is 0 Å². The maximum absolute atomic E-state index is 12.8. The first-order chi connectivity index (χ1) is 12.6. The van der Waals surface area contributed by atoms with E-state index in [1.54, 1.807) is 19.0 Å². The lowest BCUT2D eigenvalue weighted by atomic mass is 10.1. The van der Waals surface area contributed by atoms with Crippen LogP contribution in [0.4, 0.5) is 0 Å². The second kappa shape index (κ2) is 8.23. The highest BCUT2D eigenvalue weighted by molar-refractivity contribution is 8.00. The molecule has 1 heterocycles. The lowest BCUT2D eigenvalue weighted by molar-refractivity contribution is -0.128.